The maximum Gasteiger partial charge on any atom is 0.228 e. The van der Waals surface area contributed by atoms with Crippen LogP contribution in [0.5, 0.6) is 0 Å². The zero-order valence-corrected chi connectivity index (χ0v) is 8.04. The van der Waals surface area contributed by atoms with Gasteiger partial charge in [-0.1, -0.05) is 5.98 Å². The van der Waals surface area contributed by atoms with Gasteiger partial charge in [0, 0.05) is 51.4 Å². The molecule has 1 aliphatic heterocycles. The van der Waals surface area contributed by atoms with Crippen LogP contribution in [0, 0.1) is 0 Å². The smallest absolute Gasteiger partial charge is 0.220 e. The maximum atomic E-state index is 11.8. The van der Waals surface area contributed by atoms with E-state index in [0.29, 0.717) is 0 Å². The summed E-state index contributed by atoms with van der Waals surface area (Å²) in [6.07, 6.45) is 0. The monoisotopic (exact) mass is 157 g/mol. The van der Waals surface area contributed by atoms with Crippen LogP contribution in [0.3, 0.4) is 0 Å². The Morgan fingerprint density at radius 1 is 1.22 bits per heavy atom. The zero-order valence-electron chi connectivity index (χ0n) is 4.92. The van der Waals surface area contributed by atoms with Gasteiger partial charge >= 0.3 is 0 Å². The molecule has 0 aromatic heterocycles. The van der Waals surface area contributed by atoms with Crippen molar-refractivity contribution in [1.29, 1.82) is 0 Å². The van der Waals surface area contributed by atoms with Crippen molar-refractivity contribution in [1.82, 2.24) is 0 Å². The van der Waals surface area contributed by atoms with Gasteiger partial charge in [0.15, 0.2) is 5.83 Å². The first-order valence-corrected chi connectivity index (χ1v) is 2.12. The number of hydrogen-bond donors (Lipinski definition) is 0. The Hall–Kier alpha value is 0.971. The molecule has 43 valence electrons. The minimum atomic E-state index is -1.34. The van der Waals surface area contributed by atoms with Crippen molar-refractivity contribution in [2.24, 2.45) is 0 Å². The van der Waals surface area contributed by atoms with Gasteiger partial charge in [-0.15, -0.1) is 0 Å². The van der Waals surface area contributed by atoms with Crippen LogP contribution in [0.1, 0.15) is 0 Å². The molecule has 5 heteroatoms. The molecule has 0 atom stereocenters. The SMILES string of the molecule is FC1=CBC(F)=C1F.[K]. The summed E-state index contributed by atoms with van der Waals surface area (Å²) in [7, 11) is -0.238. The molecule has 1 rings (SSSR count). The quantitative estimate of drug-likeness (QED) is 0.459. The normalized spacial score (nSPS) is 16.6. The van der Waals surface area contributed by atoms with E-state index in [-0.39, 0.29) is 58.7 Å². The van der Waals surface area contributed by atoms with Crippen molar-refractivity contribution in [3.63, 3.8) is 0 Å². The molecule has 9 heavy (non-hydrogen) atoms. The van der Waals surface area contributed by atoms with Gasteiger partial charge in [0.1, 0.15) is 5.83 Å². The fraction of sp³-hybridized carbons (Fsp3) is 0. The summed E-state index contributed by atoms with van der Waals surface area (Å²) in [5, 5.41) is 0. The van der Waals surface area contributed by atoms with Crippen LogP contribution in [0.4, 0.5) is 13.2 Å². The van der Waals surface area contributed by atoms with E-state index in [1.54, 1.807) is 0 Å². The fourth-order valence-electron chi connectivity index (χ4n) is 0.488. The second kappa shape index (κ2) is 3.98. The van der Waals surface area contributed by atoms with Gasteiger partial charge in [0.05, 0.1) is 5.73 Å². The molecule has 0 spiro atoms. The van der Waals surface area contributed by atoms with Gasteiger partial charge in [-0.2, -0.15) is 0 Å². The molecule has 0 saturated heterocycles. The van der Waals surface area contributed by atoms with E-state index in [1.807, 2.05) is 0 Å². The van der Waals surface area contributed by atoms with Crippen molar-refractivity contribution >= 4 is 58.7 Å². The molecule has 1 radical (unpaired) electrons. The molecule has 0 aliphatic carbocycles. The minimum absolute atomic E-state index is 0. The number of hydrogen-bond acceptors (Lipinski definition) is 0. The van der Waals surface area contributed by atoms with Gasteiger partial charge in [-0.3, -0.25) is 0 Å². The van der Waals surface area contributed by atoms with Gasteiger partial charge < -0.3 is 0 Å². The molecule has 0 amide bonds. The maximum absolute atomic E-state index is 11.8. The summed E-state index contributed by atoms with van der Waals surface area (Å²) in [5.41, 5.74) is -1.01. The third-order valence-corrected chi connectivity index (χ3v) is 0.908. The number of halogens is 3. The van der Waals surface area contributed by atoms with Crippen LogP contribution in [0.2, 0.25) is 0 Å². The van der Waals surface area contributed by atoms with E-state index in [4.69, 9.17) is 0 Å². The molecule has 0 aromatic carbocycles. The fourth-order valence-corrected chi connectivity index (χ4v) is 0.488. The van der Waals surface area contributed by atoms with Gasteiger partial charge in [0.25, 0.3) is 0 Å². The first kappa shape index (κ1) is 9.97. The van der Waals surface area contributed by atoms with Crippen molar-refractivity contribution in [2.45, 2.75) is 0 Å². The second-order valence-corrected chi connectivity index (χ2v) is 1.48. The Balaban J connectivity index is 0.000000640. The van der Waals surface area contributed by atoms with Crippen LogP contribution in [-0.4, -0.2) is 58.7 Å². The Morgan fingerprint density at radius 3 is 1.89 bits per heavy atom. The van der Waals surface area contributed by atoms with E-state index >= 15 is 0 Å². The molecule has 1 heterocycles. The molecule has 0 nitrogen and oxygen atoms in total. The summed E-state index contributed by atoms with van der Waals surface area (Å²) < 4.78 is 35.3. The predicted molar refractivity (Wildman–Crippen MR) is 31.3 cm³/mol. The van der Waals surface area contributed by atoms with Crippen LogP contribution >= 0.6 is 0 Å². The summed E-state index contributed by atoms with van der Waals surface area (Å²) in [5.74, 6) is -1.56. The Kier molecular flexibility index (Phi) is 4.41. The Labute approximate surface area is 93.9 Å². The van der Waals surface area contributed by atoms with Crippen LogP contribution < -0.4 is 0 Å². The third kappa shape index (κ3) is 2.23. The average Bonchev–Trinajstić information content (AvgIpc) is 1.98. The summed E-state index contributed by atoms with van der Waals surface area (Å²) >= 11 is 0. The molecule has 0 saturated carbocycles. The average molecular weight is 157 g/mol. The van der Waals surface area contributed by atoms with Crippen molar-refractivity contribution in [3.05, 3.63) is 23.4 Å². The van der Waals surface area contributed by atoms with Crippen LogP contribution in [0.15, 0.2) is 23.4 Å². The molecule has 0 bridgehead atoms. The van der Waals surface area contributed by atoms with Gasteiger partial charge in [-0.25, -0.2) is 13.2 Å². The van der Waals surface area contributed by atoms with Gasteiger partial charge in [-0.05, 0) is 0 Å². The Morgan fingerprint density at radius 2 is 1.78 bits per heavy atom. The molecule has 0 unspecified atom stereocenters. The largest absolute Gasteiger partial charge is 0.228 e. The van der Waals surface area contributed by atoms with E-state index in [2.05, 4.69) is 0 Å². The van der Waals surface area contributed by atoms with Crippen LogP contribution in [0.25, 0.3) is 0 Å². The molecular formula is C4H2BF3K. The van der Waals surface area contributed by atoms with Crippen molar-refractivity contribution < 1.29 is 13.2 Å². The summed E-state index contributed by atoms with van der Waals surface area (Å²) in [6.45, 7) is 0. The zero-order chi connectivity index (χ0) is 6.15. The first-order chi connectivity index (χ1) is 3.72. The molecule has 0 fully saturated rings. The first-order valence-electron chi connectivity index (χ1n) is 2.12. The molecular weight excluding hydrogens is 155 g/mol. The van der Waals surface area contributed by atoms with Gasteiger partial charge in [0.2, 0.25) is 7.28 Å². The van der Waals surface area contributed by atoms with E-state index in [1.165, 1.54) is 0 Å². The predicted octanol–water partition coefficient (Wildman–Crippen LogP) is 0.975. The van der Waals surface area contributed by atoms with Crippen molar-refractivity contribution in [2.75, 3.05) is 0 Å². The summed E-state index contributed by atoms with van der Waals surface area (Å²) in [4.78, 5) is 0. The minimum Gasteiger partial charge on any atom is -0.220 e. The number of rotatable bonds is 0. The van der Waals surface area contributed by atoms with Crippen molar-refractivity contribution in [3.8, 4) is 0 Å². The second-order valence-electron chi connectivity index (χ2n) is 1.48. The summed E-state index contributed by atoms with van der Waals surface area (Å²) in [6, 6.07) is 0. The van der Waals surface area contributed by atoms with Crippen LogP contribution in [-0.2, 0) is 0 Å². The topological polar surface area (TPSA) is 0 Å². The number of allylic oxidation sites excluding steroid dienone is 2. The van der Waals surface area contributed by atoms with E-state index in [0.717, 1.165) is 5.98 Å². The standard InChI is InChI=1S/C4H2BF3.K/c6-2-1-5-4(8)3(2)7;/h1,5H;. The molecule has 0 N–H and O–H groups in total. The molecule has 0 aromatic rings. The van der Waals surface area contributed by atoms with E-state index in [9.17, 15) is 13.2 Å². The third-order valence-electron chi connectivity index (χ3n) is 0.908. The van der Waals surface area contributed by atoms with E-state index < -0.39 is 17.4 Å². The molecule has 1 aliphatic rings. The Bertz CT molecular complexity index is 169.